The third-order valence-electron chi connectivity index (χ3n) is 1.20. The molecule has 0 N–H and O–H groups in total. The Labute approximate surface area is 85.2 Å². The Morgan fingerprint density at radius 1 is 1.14 bits per heavy atom. The lowest BCUT2D eigenvalue weighted by atomic mass is 10.5. The normalized spacial score (nSPS) is 10.0. The first kappa shape index (κ1) is 13.1. The van der Waals surface area contributed by atoms with Crippen LogP contribution in [-0.2, 0) is 23.2 Å². The minimum Gasteiger partial charge on any atom is -0.486 e. The molecule has 0 rings (SSSR count). The third kappa shape index (κ3) is 7.75. The number of hydrogen-bond acceptors (Lipinski definition) is 5. The highest BCUT2D eigenvalue weighted by atomic mass is 28.3. The van der Waals surface area contributed by atoms with Crippen LogP contribution >= 0.6 is 0 Å². The Kier molecular flexibility index (Phi) is 7.04. The van der Waals surface area contributed by atoms with Crippen LogP contribution in [0.1, 0.15) is 27.2 Å². The number of rotatable bonds is 6. The average molecular weight is 220 g/mol. The van der Waals surface area contributed by atoms with E-state index in [0.29, 0.717) is 6.61 Å². The van der Waals surface area contributed by atoms with Crippen molar-refractivity contribution in [1.82, 2.24) is 0 Å². The van der Waals surface area contributed by atoms with E-state index in [1.54, 1.807) is 0 Å². The van der Waals surface area contributed by atoms with Gasteiger partial charge in [-0.05, 0) is 6.42 Å². The average Bonchev–Trinajstić information content (AvgIpc) is 2.02. The van der Waals surface area contributed by atoms with Gasteiger partial charge in [0.05, 0.1) is 0 Å². The lowest BCUT2D eigenvalue weighted by Crippen LogP contribution is -2.33. The van der Waals surface area contributed by atoms with Crippen molar-refractivity contribution < 1.29 is 23.2 Å². The van der Waals surface area contributed by atoms with E-state index in [9.17, 15) is 9.59 Å². The quantitative estimate of drug-likeness (QED) is 0.476. The van der Waals surface area contributed by atoms with Gasteiger partial charge in [-0.2, -0.15) is 0 Å². The largest absolute Gasteiger partial charge is 0.486 e. The lowest BCUT2D eigenvalue weighted by molar-refractivity contribution is -0.138. The third-order valence-corrected chi connectivity index (χ3v) is 2.89. The van der Waals surface area contributed by atoms with E-state index in [0.717, 1.165) is 6.42 Å². The second-order valence-corrected chi connectivity index (χ2v) is 4.39. The summed E-state index contributed by atoms with van der Waals surface area (Å²) in [6, 6.07) is 0. The molecule has 0 aliphatic rings. The molecule has 82 valence electrons. The van der Waals surface area contributed by atoms with Crippen molar-refractivity contribution in [2.24, 2.45) is 0 Å². The molecule has 6 heteroatoms. The van der Waals surface area contributed by atoms with Crippen LogP contribution in [-0.4, -0.2) is 34.1 Å². The summed E-state index contributed by atoms with van der Waals surface area (Å²) in [7, 11) is -2.30. The van der Waals surface area contributed by atoms with Gasteiger partial charge < -0.3 is 13.6 Å². The Balaban J connectivity index is 3.84. The first-order valence-electron chi connectivity index (χ1n) is 4.48. The fraction of sp³-hybridized carbons (Fsp3) is 0.750. The van der Waals surface area contributed by atoms with Crippen molar-refractivity contribution in [1.29, 1.82) is 0 Å². The van der Waals surface area contributed by atoms with Crippen LogP contribution in [0.3, 0.4) is 0 Å². The SMILES string of the molecule is CCCOC[SiH](OC(C)=O)OC(C)=O. The Morgan fingerprint density at radius 2 is 1.64 bits per heavy atom. The second kappa shape index (κ2) is 7.51. The monoisotopic (exact) mass is 220 g/mol. The molecule has 0 spiro atoms. The summed E-state index contributed by atoms with van der Waals surface area (Å²) in [5.41, 5.74) is 0. The molecule has 0 heterocycles. The molecule has 0 bridgehead atoms. The van der Waals surface area contributed by atoms with Crippen molar-refractivity contribution in [3.05, 3.63) is 0 Å². The zero-order chi connectivity index (χ0) is 11.0. The van der Waals surface area contributed by atoms with E-state index in [1.165, 1.54) is 13.8 Å². The highest BCUT2D eigenvalue weighted by Gasteiger charge is 2.20. The first-order valence-corrected chi connectivity index (χ1v) is 6.24. The van der Waals surface area contributed by atoms with Gasteiger partial charge >= 0.3 is 9.28 Å². The predicted molar refractivity (Wildman–Crippen MR) is 51.8 cm³/mol. The minimum atomic E-state index is -2.30. The molecule has 0 amide bonds. The summed E-state index contributed by atoms with van der Waals surface area (Å²) < 4.78 is 14.8. The van der Waals surface area contributed by atoms with Crippen LogP contribution in [0.2, 0.25) is 0 Å². The molecule has 0 aliphatic heterocycles. The molecule has 0 aliphatic carbocycles. The van der Waals surface area contributed by atoms with Gasteiger partial charge in [-0.3, -0.25) is 9.59 Å². The van der Waals surface area contributed by atoms with E-state index in [4.69, 9.17) is 13.6 Å². The van der Waals surface area contributed by atoms with Crippen molar-refractivity contribution in [2.75, 3.05) is 12.8 Å². The lowest BCUT2D eigenvalue weighted by Gasteiger charge is -2.14. The molecule has 0 saturated carbocycles. The van der Waals surface area contributed by atoms with Crippen LogP contribution in [0.5, 0.6) is 0 Å². The number of ether oxygens (including phenoxy) is 1. The van der Waals surface area contributed by atoms with E-state index >= 15 is 0 Å². The van der Waals surface area contributed by atoms with Gasteiger partial charge in [-0.25, -0.2) is 0 Å². The second-order valence-electron chi connectivity index (χ2n) is 2.72. The summed E-state index contributed by atoms with van der Waals surface area (Å²) in [4.78, 5) is 21.3. The number of carbonyl (C=O) groups excluding carboxylic acids is 2. The van der Waals surface area contributed by atoms with E-state index in [-0.39, 0.29) is 6.23 Å². The van der Waals surface area contributed by atoms with Crippen LogP contribution < -0.4 is 0 Å². The molecule has 0 saturated heterocycles. The van der Waals surface area contributed by atoms with Crippen molar-refractivity contribution in [3.63, 3.8) is 0 Å². The van der Waals surface area contributed by atoms with Crippen molar-refractivity contribution >= 4 is 21.2 Å². The van der Waals surface area contributed by atoms with Crippen LogP contribution in [0.4, 0.5) is 0 Å². The van der Waals surface area contributed by atoms with Crippen LogP contribution in [0.15, 0.2) is 0 Å². The molecule has 0 fully saturated rings. The van der Waals surface area contributed by atoms with Gasteiger partial charge in [0.25, 0.3) is 11.9 Å². The zero-order valence-corrected chi connectivity index (χ0v) is 9.89. The van der Waals surface area contributed by atoms with Crippen LogP contribution in [0, 0.1) is 0 Å². The van der Waals surface area contributed by atoms with Gasteiger partial charge in [0.15, 0.2) is 0 Å². The molecule has 5 nitrogen and oxygen atoms in total. The van der Waals surface area contributed by atoms with E-state index in [1.807, 2.05) is 6.92 Å². The number of carbonyl (C=O) groups is 2. The highest BCUT2D eigenvalue weighted by Crippen LogP contribution is 1.94. The minimum absolute atomic E-state index is 0.215. The van der Waals surface area contributed by atoms with Gasteiger partial charge in [-0.15, -0.1) is 0 Å². The highest BCUT2D eigenvalue weighted by molar-refractivity contribution is 6.48. The maximum absolute atomic E-state index is 10.6. The van der Waals surface area contributed by atoms with Gasteiger partial charge in [0.1, 0.15) is 6.23 Å². The molecular weight excluding hydrogens is 204 g/mol. The first-order chi connectivity index (χ1) is 6.56. The Hall–Kier alpha value is -0.883. The fourth-order valence-electron chi connectivity index (χ4n) is 0.786. The maximum atomic E-state index is 10.6. The van der Waals surface area contributed by atoms with Gasteiger partial charge in [0, 0.05) is 20.5 Å². The Bertz CT molecular complexity index is 178. The van der Waals surface area contributed by atoms with Crippen molar-refractivity contribution in [2.45, 2.75) is 27.2 Å². The predicted octanol–water partition coefficient (Wildman–Crippen LogP) is 0.299. The van der Waals surface area contributed by atoms with E-state index < -0.39 is 21.2 Å². The summed E-state index contributed by atoms with van der Waals surface area (Å²) in [6.45, 7) is 5.10. The van der Waals surface area contributed by atoms with Gasteiger partial charge in [0.2, 0.25) is 0 Å². The zero-order valence-electron chi connectivity index (χ0n) is 8.74. The molecule has 0 aromatic rings. The number of hydrogen-bond donors (Lipinski definition) is 0. The molecular formula is C8H16O5Si. The smallest absolute Gasteiger partial charge is 0.474 e. The van der Waals surface area contributed by atoms with Gasteiger partial charge in [-0.1, -0.05) is 6.92 Å². The summed E-state index contributed by atoms with van der Waals surface area (Å²) >= 11 is 0. The summed E-state index contributed by atoms with van der Waals surface area (Å²) in [5.74, 6) is -0.883. The maximum Gasteiger partial charge on any atom is 0.474 e. The fourth-order valence-corrected chi connectivity index (χ4v) is 2.07. The molecule has 0 radical (unpaired) electrons. The molecule has 14 heavy (non-hydrogen) atoms. The summed E-state index contributed by atoms with van der Waals surface area (Å²) in [5, 5.41) is 0. The molecule has 0 aromatic heterocycles. The Morgan fingerprint density at radius 3 is 2.00 bits per heavy atom. The van der Waals surface area contributed by atoms with Crippen LogP contribution in [0.25, 0.3) is 0 Å². The summed E-state index contributed by atoms with van der Waals surface area (Å²) in [6.07, 6.45) is 1.09. The van der Waals surface area contributed by atoms with E-state index in [2.05, 4.69) is 0 Å². The molecule has 0 atom stereocenters. The molecule has 0 unspecified atom stereocenters. The standard InChI is InChI=1S/C8H16O5Si/c1-4-5-11-6-14(12-7(2)9)13-8(3)10/h14H,4-6H2,1-3H3. The topological polar surface area (TPSA) is 61.8 Å². The molecule has 0 aromatic carbocycles. The van der Waals surface area contributed by atoms with Crippen molar-refractivity contribution in [3.8, 4) is 0 Å².